The first-order chi connectivity index (χ1) is 17.2. The maximum absolute atomic E-state index is 13.4. The topological polar surface area (TPSA) is 89.0 Å². The molecule has 0 radical (unpaired) electrons. The standard InChI is InChI=1S/C26H35N3O5S2/c1-6-28(7-2)16-17-29(26-27-24-21(33-4)14-15-22(34-5)25(24)35-26)23(30)9-8-18-36(31,32)20-12-10-19(3)11-13-20/h10-15H,6-9,16-18H2,1-5H3. The van der Waals surface area contributed by atoms with Crippen molar-refractivity contribution in [2.24, 2.45) is 0 Å². The van der Waals surface area contributed by atoms with E-state index in [1.54, 1.807) is 49.5 Å². The van der Waals surface area contributed by atoms with Crippen molar-refractivity contribution in [2.75, 3.05) is 51.1 Å². The molecule has 3 rings (SSSR count). The van der Waals surface area contributed by atoms with Crippen LogP contribution in [0.3, 0.4) is 0 Å². The second-order valence-corrected chi connectivity index (χ2v) is 11.5. The third-order valence-electron chi connectivity index (χ3n) is 6.15. The Morgan fingerprint density at radius 3 is 2.22 bits per heavy atom. The van der Waals surface area contributed by atoms with E-state index >= 15 is 0 Å². The third kappa shape index (κ3) is 6.54. The Hall–Kier alpha value is -2.69. The van der Waals surface area contributed by atoms with Gasteiger partial charge in [-0.25, -0.2) is 13.4 Å². The molecule has 3 aromatic rings. The van der Waals surface area contributed by atoms with Crippen LogP contribution >= 0.6 is 11.3 Å². The Labute approximate surface area is 217 Å². The number of hydrogen-bond donors (Lipinski definition) is 0. The van der Waals surface area contributed by atoms with Crippen LogP contribution in [0.4, 0.5) is 5.13 Å². The number of carbonyl (C=O) groups excluding carboxylic acids is 1. The molecule has 196 valence electrons. The molecule has 0 N–H and O–H groups in total. The van der Waals surface area contributed by atoms with Crippen molar-refractivity contribution >= 4 is 42.4 Å². The van der Waals surface area contributed by atoms with Crippen LogP contribution in [0.15, 0.2) is 41.3 Å². The number of anilines is 1. The molecule has 0 fully saturated rings. The highest BCUT2D eigenvalue weighted by Crippen LogP contribution is 2.40. The molecular formula is C26H35N3O5S2. The predicted molar refractivity (Wildman–Crippen MR) is 145 cm³/mol. The molecule has 8 nitrogen and oxygen atoms in total. The highest BCUT2D eigenvalue weighted by Gasteiger charge is 2.24. The van der Waals surface area contributed by atoms with E-state index in [1.165, 1.54) is 11.3 Å². The molecular weight excluding hydrogens is 498 g/mol. The summed E-state index contributed by atoms with van der Waals surface area (Å²) in [5.41, 5.74) is 1.64. The number of ether oxygens (including phenoxy) is 2. The Bertz CT molecular complexity index is 1230. The molecule has 0 atom stereocenters. The molecule has 0 spiro atoms. The number of aryl methyl sites for hydroxylation is 1. The zero-order valence-corrected chi connectivity index (χ0v) is 23.2. The van der Waals surface area contributed by atoms with E-state index in [1.807, 2.05) is 13.0 Å². The van der Waals surface area contributed by atoms with Crippen molar-refractivity contribution in [3.05, 3.63) is 42.0 Å². The van der Waals surface area contributed by atoms with Gasteiger partial charge in [0.1, 0.15) is 21.7 Å². The summed E-state index contributed by atoms with van der Waals surface area (Å²) in [6.45, 7) is 8.96. The number of fused-ring (bicyclic) bond motifs is 1. The second-order valence-electron chi connectivity index (χ2n) is 8.45. The molecule has 2 aromatic carbocycles. The minimum Gasteiger partial charge on any atom is -0.495 e. The van der Waals surface area contributed by atoms with Crippen LogP contribution in [0.2, 0.25) is 0 Å². The number of sulfone groups is 1. The van der Waals surface area contributed by atoms with Crippen molar-refractivity contribution < 1.29 is 22.7 Å². The smallest absolute Gasteiger partial charge is 0.228 e. The molecule has 0 aliphatic carbocycles. The molecule has 1 amide bonds. The van der Waals surface area contributed by atoms with Crippen LogP contribution in [0.1, 0.15) is 32.3 Å². The molecule has 10 heteroatoms. The van der Waals surface area contributed by atoms with E-state index in [0.717, 1.165) is 23.4 Å². The number of carbonyl (C=O) groups is 1. The lowest BCUT2D eigenvalue weighted by molar-refractivity contribution is -0.118. The summed E-state index contributed by atoms with van der Waals surface area (Å²) in [5, 5.41) is 0.548. The maximum Gasteiger partial charge on any atom is 0.228 e. The van der Waals surface area contributed by atoms with Gasteiger partial charge in [0, 0.05) is 19.5 Å². The molecule has 0 aliphatic heterocycles. The van der Waals surface area contributed by atoms with E-state index in [-0.39, 0.29) is 29.4 Å². The number of thiazole rings is 1. The van der Waals surface area contributed by atoms with Crippen molar-refractivity contribution in [1.82, 2.24) is 9.88 Å². The predicted octanol–water partition coefficient (Wildman–Crippen LogP) is 4.55. The van der Waals surface area contributed by atoms with Gasteiger partial charge in [-0.3, -0.25) is 9.69 Å². The molecule has 0 saturated carbocycles. The summed E-state index contributed by atoms with van der Waals surface area (Å²) in [4.78, 5) is 22.3. The monoisotopic (exact) mass is 533 g/mol. The normalized spacial score (nSPS) is 11.7. The molecule has 0 unspecified atom stereocenters. The van der Waals surface area contributed by atoms with Crippen LogP contribution < -0.4 is 14.4 Å². The quantitative estimate of drug-likeness (QED) is 0.318. The van der Waals surface area contributed by atoms with Crippen LogP contribution in [0.5, 0.6) is 11.5 Å². The fourth-order valence-corrected chi connectivity index (χ4v) is 6.34. The number of amides is 1. The number of nitrogens with zero attached hydrogens (tertiary/aromatic N) is 3. The summed E-state index contributed by atoms with van der Waals surface area (Å²) < 4.78 is 37.3. The molecule has 0 bridgehead atoms. The van der Waals surface area contributed by atoms with Gasteiger partial charge in [-0.2, -0.15) is 0 Å². The van der Waals surface area contributed by atoms with E-state index < -0.39 is 9.84 Å². The zero-order valence-electron chi connectivity index (χ0n) is 21.6. The SMILES string of the molecule is CCN(CC)CCN(C(=O)CCCS(=O)(=O)c1ccc(C)cc1)c1nc2c(OC)ccc(OC)c2s1. The van der Waals surface area contributed by atoms with Gasteiger partial charge >= 0.3 is 0 Å². The number of benzene rings is 2. The zero-order chi connectivity index (χ0) is 26.3. The van der Waals surface area contributed by atoms with Gasteiger partial charge in [-0.15, -0.1) is 0 Å². The first kappa shape index (κ1) is 27.9. The van der Waals surface area contributed by atoms with Gasteiger partial charge in [0.05, 0.1) is 24.9 Å². The highest BCUT2D eigenvalue weighted by molar-refractivity contribution is 7.91. The average molecular weight is 534 g/mol. The van der Waals surface area contributed by atoms with E-state index in [4.69, 9.17) is 14.5 Å². The second kappa shape index (κ2) is 12.5. The van der Waals surface area contributed by atoms with E-state index in [0.29, 0.717) is 35.2 Å². The van der Waals surface area contributed by atoms with Crippen LogP contribution in [0, 0.1) is 6.92 Å². The lowest BCUT2D eigenvalue weighted by Gasteiger charge is -2.24. The van der Waals surface area contributed by atoms with E-state index in [2.05, 4.69) is 18.7 Å². The summed E-state index contributed by atoms with van der Waals surface area (Å²) in [6.07, 6.45) is 0.335. The molecule has 0 saturated heterocycles. The molecule has 1 heterocycles. The number of likely N-dealkylation sites (N-methyl/N-ethyl adjacent to an activating group) is 1. The number of methoxy groups -OCH3 is 2. The first-order valence-electron chi connectivity index (χ1n) is 12.1. The van der Waals surface area contributed by atoms with Crippen LogP contribution in [-0.2, 0) is 14.6 Å². The number of aromatic nitrogens is 1. The summed E-state index contributed by atoms with van der Waals surface area (Å²) >= 11 is 1.37. The van der Waals surface area contributed by atoms with Crippen molar-refractivity contribution in [1.29, 1.82) is 0 Å². The Morgan fingerprint density at radius 2 is 1.61 bits per heavy atom. The Kier molecular flexibility index (Phi) is 9.69. The Balaban J connectivity index is 1.82. The summed E-state index contributed by atoms with van der Waals surface area (Å²) in [6, 6.07) is 10.4. The van der Waals surface area contributed by atoms with Gasteiger partial charge < -0.3 is 14.4 Å². The summed E-state index contributed by atoms with van der Waals surface area (Å²) in [5.74, 6) is 1.02. The van der Waals surface area contributed by atoms with Crippen molar-refractivity contribution in [2.45, 2.75) is 38.5 Å². The number of hydrogen-bond acceptors (Lipinski definition) is 8. The van der Waals surface area contributed by atoms with Crippen molar-refractivity contribution in [3.8, 4) is 11.5 Å². The van der Waals surface area contributed by atoms with E-state index in [9.17, 15) is 13.2 Å². The minimum absolute atomic E-state index is 0.0901. The lowest BCUT2D eigenvalue weighted by atomic mass is 10.2. The lowest BCUT2D eigenvalue weighted by Crippen LogP contribution is -2.38. The van der Waals surface area contributed by atoms with Crippen LogP contribution in [0.25, 0.3) is 10.2 Å². The largest absolute Gasteiger partial charge is 0.495 e. The van der Waals surface area contributed by atoms with Gasteiger partial charge in [-0.1, -0.05) is 42.9 Å². The molecule has 0 aliphatic rings. The fraction of sp³-hybridized carbons (Fsp3) is 0.462. The summed E-state index contributed by atoms with van der Waals surface area (Å²) in [7, 11) is -0.283. The fourth-order valence-electron chi connectivity index (χ4n) is 3.91. The average Bonchev–Trinajstić information content (AvgIpc) is 3.31. The minimum atomic E-state index is -3.46. The van der Waals surface area contributed by atoms with Crippen LogP contribution in [-0.4, -0.2) is 70.4 Å². The first-order valence-corrected chi connectivity index (χ1v) is 14.5. The molecule has 1 aromatic heterocycles. The third-order valence-corrected chi connectivity index (χ3v) is 9.06. The molecule has 36 heavy (non-hydrogen) atoms. The van der Waals surface area contributed by atoms with Crippen molar-refractivity contribution in [3.63, 3.8) is 0 Å². The van der Waals surface area contributed by atoms with Gasteiger partial charge in [-0.05, 0) is 50.7 Å². The Morgan fingerprint density at radius 1 is 0.972 bits per heavy atom. The maximum atomic E-state index is 13.4. The highest BCUT2D eigenvalue weighted by atomic mass is 32.2. The van der Waals surface area contributed by atoms with Gasteiger partial charge in [0.15, 0.2) is 15.0 Å². The number of rotatable bonds is 13. The van der Waals surface area contributed by atoms with Gasteiger partial charge in [0.25, 0.3) is 0 Å². The van der Waals surface area contributed by atoms with Gasteiger partial charge in [0.2, 0.25) is 5.91 Å².